The van der Waals surface area contributed by atoms with Crippen molar-refractivity contribution in [2.45, 2.75) is 33.8 Å². The largest absolute Gasteiger partial charge is 0.480 e. The molecule has 1 unspecified atom stereocenters. The average molecular weight is 419 g/mol. The number of ether oxygens (including phenoxy) is 1. The van der Waals surface area contributed by atoms with Crippen molar-refractivity contribution < 1.29 is 14.3 Å². The van der Waals surface area contributed by atoms with Crippen LogP contribution in [0.3, 0.4) is 0 Å². The summed E-state index contributed by atoms with van der Waals surface area (Å²) in [5.41, 5.74) is 2.43. The van der Waals surface area contributed by atoms with Gasteiger partial charge in [-0.15, -0.1) is 0 Å². The maximum Gasteiger partial charge on any atom is 0.265 e. The fraction of sp³-hybridized carbons (Fsp3) is 0.300. The smallest absolute Gasteiger partial charge is 0.265 e. The van der Waals surface area contributed by atoms with Gasteiger partial charge in [0.25, 0.3) is 5.91 Å². The molecular formula is C20H23BrN2O3. The quantitative estimate of drug-likeness (QED) is 0.710. The first-order valence-electron chi connectivity index (χ1n) is 8.41. The van der Waals surface area contributed by atoms with Gasteiger partial charge < -0.3 is 15.4 Å². The summed E-state index contributed by atoms with van der Waals surface area (Å²) in [7, 11) is 0. The molecule has 0 heterocycles. The number of benzene rings is 2. The lowest BCUT2D eigenvalue weighted by molar-refractivity contribution is -0.122. The fourth-order valence-corrected chi connectivity index (χ4v) is 2.70. The number of carbonyl (C=O) groups is 2. The fourth-order valence-electron chi connectivity index (χ4n) is 2.11. The van der Waals surface area contributed by atoms with Crippen LogP contribution < -0.4 is 15.4 Å². The predicted octanol–water partition coefficient (Wildman–Crippen LogP) is 4.76. The van der Waals surface area contributed by atoms with Crippen molar-refractivity contribution in [3.05, 3.63) is 52.5 Å². The van der Waals surface area contributed by atoms with Crippen molar-refractivity contribution in [1.82, 2.24) is 0 Å². The SMILES string of the molecule is Cc1ccc(OC(C)C(=O)Nc2ccc(NC(=O)C(C)C)cc2)c(Br)c1. The molecule has 0 aromatic heterocycles. The molecule has 0 saturated heterocycles. The van der Waals surface area contributed by atoms with Gasteiger partial charge in [-0.2, -0.15) is 0 Å². The number of hydrogen-bond donors (Lipinski definition) is 2. The second kappa shape index (κ2) is 8.85. The molecule has 0 aliphatic heterocycles. The van der Waals surface area contributed by atoms with E-state index in [0.717, 1.165) is 10.0 Å². The van der Waals surface area contributed by atoms with Crippen LogP contribution in [0.25, 0.3) is 0 Å². The van der Waals surface area contributed by atoms with E-state index in [1.807, 2.05) is 39.0 Å². The first kappa shape index (κ1) is 20.0. The van der Waals surface area contributed by atoms with E-state index in [1.54, 1.807) is 31.2 Å². The Bertz CT molecular complexity index is 788. The number of anilines is 2. The molecule has 0 bridgehead atoms. The summed E-state index contributed by atoms with van der Waals surface area (Å²) < 4.78 is 6.53. The molecular weight excluding hydrogens is 396 g/mol. The monoisotopic (exact) mass is 418 g/mol. The Morgan fingerprint density at radius 1 is 0.923 bits per heavy atom. The molecule has 2 aromatic carbocycles. The van der Waals surface area contributed by atoms with Crippen LogP contribution in [0.2, 0.25) is 0 Å². The Balaban J connectivity index is 1.95. The number of carbonyl (C=O) groups excluding carboxylic acids is 2. The summed E-state index contributed by atoms with van der Waals surface area (Å²) in [6.07, 6.45) is -0.658. The zero-order chi connectivity index (χ0) is 19.3. The van der Waals surface area contributed by atoms with E-state index in [9.17, 15) is 9.59 Å². The van der Waals surface area contributed by atoms with Crippen molar-refractivity contribution in [3.8, 4) is 5.75 Å². The topological polar surface area (TPSA) is 67.4 Å². The van der Waals surface area contributed by atoms with Crippen molar-refractivity contribution in [3.63, 3.8) is 0 Å². The highest BCUT2D eigenvalue weighted by Crippen LogP contribution is 2.27. The zero-order valence-electron chi connectivity index (χ0n) is 15.3. The molecule has 2 rings (SSSR count). The standard InChI is InChI=1S/C20H23BrN2O3/c1-12(2)19(24)22-15-6-8-16(9-7-15)23-20(25)14(4)26-18-10-5-13(3)11-17(18)21/h5-12,14H,1-4H3,(H,22,24)(H,23,25). The van der Waals surface area contributed by atoms with E-state index < -0.39 is 6.10 Å². The molecule has 2 aromatic rings. The first-order valence-corrected chi connectivity index (χ1v) is 9.20. The van der Waals surface area contributed by atoms with E-state index >= 15 is 0 Å². The Morgan fingerprint density at radius 2 is 1.46 bits per heavy atom. The van der Waals surface area contributed by atoms with Gasteiger partial charge in [-0.25, -0.2) is 0 Å². The van der Waals surface area contributed by atoms with Crippen molar-refractivity contribution in [2.24, 2.45) is 5.92 Å². The Morgan fingerprint density at radius 3 is 1.96 bits per heavy atom. The van der Waals surface area contributed by atoms with Crippen LogP contribution in [-0.4, -0.2) is 17.9 Å². The number of rotatable bonds is 6. The Hall–Kier alpha value is -2.34. The molecule has 0 spiro atoms. The molecule has 0 aliphatic rings. The second-order valence-electron chi connectivity index (χ2n) is 6.40. The molecule has 2 amide bonds. The highest BCUT2D eigenvalue weighted by atomic mass is 79.9. The molecule has 0 radical (unpaired) electrons. The van der Waals surface area contributed by atoms with Crippen LogP contribution >= 0.6 is 15.9 Å². The molecule has 0 aliphatic carbocycles. The van der Waals surface area contributed by atoms with Gasteiger partial charge in [-0.3, -0.25) is 9.59 Å². The molecule has 5 nitrogen and oxygen atoms in total. The minimum atomic E-state index is -0.658. The van der Waals surface area contributed by atoms with Crippen LogP contribution in [0.4, 0.5) is 11.4 Å². The Kier molecular flexibility index (Phi) is 6.80. The number of aryl methyl sites for hydroxylation is 1. The van der Waals surface area contributed by atoms with Crippen LogP contribution in [-0.2, 0) is 9.59 Å². The highest BCUT2D eigenvalue weighted by Gasteiger charge is 2.16. The minimum absolute atomic E-state index is 0.0486. The van der Waals surface area contributed by atoms with Crippen molar-refractivity contribution in [2.75, 3.05) is 10.6 Å². The van der Waals surface area contributed by atoms with E-state index in [2.05, 4.69) is 26.6 Å². The highest BCUT2D eigenvalue weighted by molar-refractivity contribution is 9.10. The normalized spacial score (nSPS) is 11.8. The van der Waals surface area contributed by atoms with Gasteiger partial charge >= 0.3 is 0 Å². The minimum Gasteiger partial charge on any atom is -0.480 e. The molecule has 0 saturated carbocycles. The first-order chi connectivity index (χ1) is 12.3. The van der Waals surface area contributed by atoms with Gasteiger partial charge in [0.2, 0.25) is 5.91 Å². The maximum atomic E-state index is 12.3. The zero-order valence-corrected chi connectivity index (χ0v) is 16.9. The number of hydrogen-bond acceptors (Lipinski definition) is 3. The molecule has 6 heteroatoms. The van der Waals surface area contributed by atoms with Crippen LogP contribution in [0.1, 0.15) is 26.3 Å². The molecule has 26 heavy (non-hydrogen) atoms. The second-order valence-corrected chi connectivity index (χ2v) is 7.26. The van der Waals surface area contributed by atoms with E-state index in [0.29, 0.717) is 17.1 Å². The lowest BCUT2D eigenvalue weighted by Crippen LogP contribution is -2.30. The van der Waals surface area contributed by atoms with Gasteiger partial charge in [0, 0.05) is 17.3 Å². The van der Waals surface area contributed by atoms with E-state index in [-0.39, 0.29) is 17.7 Å². The van der Waals surface area contributed by atoms with Gasteiger partial charge in [-0.05, 0) is 71.7 Å². The summed E-state index contributed by atoms with van der Waals surface area (Å²) in [5, 5.41) is 5.61. The lowest BCUT2D eigenvalue weighted by atomic mass is 10.2. The van der Waals surface area contributed by atoms with Gasteiger partial charge in [0.05, 0.1) is 4.47 Å². The van der Waals surface area contributed by atoms with Crippen molar-refractivity contribution in [1.29, 1.82) is 0 Å². The number of amides is 2. The number of nitrogens with one attached hydrogen (secondary N) is 2. The van der Waals surface area contributed by atoms with Crippen LogP contribution in [0.15, 0.2) is 46.9 Å². The summed E-state index contributed by atoms with van der Waals surface area (Å²) in [6.45, 7) is 7.34. The van der Waals surface area contributed by atoms with E-state index in [4.69, 9.17) is 4.74 Å². The van der Waals surface area contributed by atoms with Crippen LogP contribution in [0, 0.1) is 12.8 Å². The van der Waals surface area contributed by atoms with Crippen LogP contribution in [0.5, 0.6) is 5.75 Å². The average Bonchev–Trinajstić information content (AvgIpc) is 2.58. The van der Waals surface area contributed by atoms with E-state index in [1.165, 1.54) is 0 Å². The predicted molar refractivity (Wildman–Crippen MR) is 108 cm³/mol. The molecule has 2 N–H and O–H groups in total. The van der Waals surface area contributed by atoms with Gasteiger partial charge in [0.15, 0.2) is 6.10 Å². The molecule has 0 fully saturated rings. The molecule has 1 atom stereocenters. The summed E-state index contributed by atoms with van der Waals surface area (Å²) in [5.74, 6) is 0.224. The number of halogens is 1. The summed E-state index contributed by atoms with van der Waals surface area (Å²) >= 11 is 3.44. The summed E-state index contributed by atoms with van der Waals surface area (Å²) in [6, 6.07) is 12.7. The molecule has 138 valence electrons. The summed E-state index contributed by atoms with van der Waals surface area (Å²) in [4.78, 5) is 24.0. The maximum absolute atomic E-state index is 12.3. The third-order valence-corrected chi connectivity index (χ3v) is 4.32. The van der Waals surface area contributed by atoms with Crippen molar-refractivity contribution >= 4 is 39.1 Å². The Labute approximate surface area is 162 Å². The van der Waals surface area contributed by atoms with Gasteiger partial charge in [-0.1, -0.05) is 19.9 Å². The van der Waals surface area contributed by atoms with Gasteiger partial charge in [0.1, 0.15) is 5.75 Å². The third-order valence-electron chi connectivity index (χ3n) is 3.70. The third kappa shape index (κ3) is 5.59. The lowest BCUT2D eigenvalue weighted by Gasteiger charge is -2.16.